The predicted octanol–water partition coefficient (Wildman–Crippen LogP) is -11.3. The maximum absolute atomic E-state index is 13.0. The number of aliphatic hydroxyl groups excluding tert-OH is 2. The molecule has 2 heterocycles. The van der Waals surface area contributed by atoms with Crippen molar-refractivity contribution in [1.29, 1.82) is 0 Å². The van der Waals surface area contributed by atoms with E-state index in [1.807, 2.05) is 0 Å². The summed E-state index contributed by atoms with van der Waals surface area (Å²) in [5.41, 5.74) is 5.12. The zero-order chi connectivity index (χ0) is 31.6. The molecule has 2 aromatic rings. The van der Waals surface area contributed by atoms with Gasteiger partial charge in [0.1, 0.15) is 29.5 Å². The Kier molecular flexibility index (Phi) is 18.0. The number of nitrogens with one attached hydrogen (secondary N) is 1. The number of hydrogen-bond acceptors (Lipinski definition) is 15. The summed E-state index contributed by atoms with van der Waals surface area (Å²) in [6.07, 6.45) is -7.65. The van der Waals surface area contributed by atoms with Crippen molar-refractivity contribution in [3.63, 3.8) is 0 Å². The van der Waals surface area contributed by atoms with Gasteiger partial charge in [0.15, 0.2) is 6.23 Å². The Morgan fingerprint density at radius 3 is 2.39 bits per heavy atom. The number of amides is 1. The molecule has 1 saturated heterocycles. The van der Waals surface area contributed by atoms with Crippen LogP contribution in [0.1, 0.15) is 31.6 Å². The number of carbonyl (C=O) groups excluding carboxylic acids is 1. The van der Waals surface area contributed by atoms with Crippen molar-refractivity contribution in [3.8, 4) is 0 Å². The van der Waals surface area contributed by atoms with E-state index in [4.69, 9.17) is 24.3 Å². The first-order chi connectivity index (χ1) is 20.1. The van der Waals surface area contributed by atoms with Crippen LogP contribution in [-0.4, -0.2) is 68.6 Å². The van der Waals surface area contributed by atoms with E-state index in [1.54, 1.807) is 30.3 Å². The topological polar surface area (TPSA) is 271 Å². The van der Waals surface area contributed by atoms with Gasteiger partial charge < -0.3 is 59.0 Å². The molecule has 8 atom stereocenters. The molecule has 0 radical (unpaired) electrons. The minimum Gasteiger partial charge on any atom is -0.809 e. The van der Waals surface area contributed by atoms with Gasteiger partial charge in [-0.1, -0.05) is 30.3 Å². The molecule has 17 nitrogen and oxygen atoms in total. The van der Waals surface area contributed by atoms with E-state index in [-0.39, 0.29) is 114 Å². The molecule has 1 amide bonds. The second kappa shape index (κ2) is 18.6. The second-order valence-electron chi connectivity index (χ2n) is 10.2. The third kappa shape index (κ3) is 10.7. The maximum Gasteiger partial charge on any atom is 1.00 e. The van der Waals surface area contributed by atoms with Crippen molar-refractivity contribution >= 4 is 27.1 Å². The van der Waals surface area contributed by atoms with Crippen LogP contribution in [0, 0.1) is 5.92 Å². The molecule has 46 heavy (non-hydrogen) atoms. The van der Waals surface area contributed by atoms with E-state index in [0.29, 0.717) is 5.56 Å². The van der Waals surface area contributed by atoms with Crippen molar-refractivity contribution < 1.29 is 146 Å². The maximum atomic E-state index is 13.0. The van der Waals surface area contributed by atoms with Crippen molar-refractivity contribution in [2.24, 2.45) is 5.92 Å². The van der Waals surface area contributed by atoms with Crippen molar-refractivity contribution in [2.75, 3.05) is 18.9 Å². The predicted molar refractivity (Wildman–Crippen MR) is 140 cm³/mol. The van der Waals surface area contributed by atoms with E-state index in [1.165, 1.54) is 13.0 Å². The Morgan fingerprint density at radius 1 is 1.15 bits per heavy atom. The normalized spacial score (nSPS) is 28.7. The van der Waals surface area contributed by atoms with Gasteiger partial charge in [-0.05, 0) is 32.1 Å². The molecule has 2 unspecified atom stereocenters. The minimum absolute atomic E-state index is 0. The van der Waals surface area contributed by atoms with Crippen LogP contribution < -0.4 is 120 Å². The summed E-state index contributed by atoms with van der Waals surface area (Å²) in [4.78, 5) is 65.5. The number of hydrogen-bond donors (Lipinski definition) is 4. The SMILES string of the molecule is CC(=O)NC[C@@H]1CCC(OP(=O)([O-])OC[C@H]2O[C@@H](n3ccc(N)nc3=O)[C@H](O)[C@@H]2O)(P(=O)([O-])[O-])[C@H]1OCc1ccccc1.[Na+].[Na+].[Na+]. The molecule has 0 bridgehead atoms. The fourth-order valence-electron chi connectivity index (χ4n) is 5.11. The summed E-state index contributed by atoms with van der Waals surface area (Å²) in [7, 11) is -11.6. The standard InChI is InChI=1S/C24H34N4O13P2.3Na/c1-14(29)26-11-16-7-9-24(42(33,34)35,21(16)38-12-15-5-3-2-4-6-15)41-43(36,37)39-13-17-19(30)20(31)22(40-17)28-10-8-18(25)27-23(28)32;;;/h2-6,8,10,16-17,19-22,30-31H,7,9,11-13H2,1H3,(H,26,29)(H,36,37)(H2,25,27,32)(H2,33,34,35);;;/q;3*+1/p-3/t16-,17+,19+,20+,21-,22+,24?;;;/m0.../s1. The fraction of sp³-hybridized carbons (Fsp3) is 0.542. The molecule has 0 spiro atoms. The van der Waals surface area contributed by atoms with Crippen LogP contribution in [0.5, 0.6) is 0 Å². The number of nitrogens with two attached hydrogens (primary N) is 1. The first-order valence-corrected chi connectivity index (χ1v) is 16.1. The summed E-state index contributed by atoms with van der Waals surface area (Å²) < 4.78 is 47.6. The van der Waals surface area contributed by atoms with Gasteiger partial charge in [0.25, 0.3) is 7.82 Å². The zero-order valence-electron chi connectivity index (χ0n) is 25.8. The molecular weight excluding hydrogens is 683 g/mol. The molecule has 1 saturated carbocycles. The molecule has 5 N–H and O–H groups in total. The van der Waals surface area contributed by atoms with Crippen molar-refractivity contribution in [1.82, 2.24) is 14.9 Å². The fourth-order valence-corrected chi connectivity index (χ4v) is 7.77. The number of aliphatic hydroxyl groups is 2. The number of rotatable bonds is 12. The second-order valence-corrected chi connectivity index (χ2v) is 13.3. The number of carbonyl (C=O) groups is 1. The number of phosphoric acid groups is 1. The molecule has 1 aliphatic carbocycles. The number of benzene rings is 1. The van der Waals surface area contributed by atoms with Crippen LogP contribution >= 0.6 is 15.4 Å². The Balaban J connectivity index is 0.00000353. The first-order valence-electron chi connectivity index (χ1n) is 13.1. The van der Waals surface area contributed by atoms with Gasteiger partial charge >= 0.3 is 94.4 Å². The molecule has 22 heteroatoms. The largest absolute Gasteiger partial charge is 1.00 e. The van der Waals surface area contributed by atoms with Gasteiger partial charge in [0.05, 0.1) is 19.3 Å². The Hall–Kier alpha value is 0.470. The molecule has 1 aromatic heterocycles. The zero-order valence-corrected chi connectivity index (χ0v) is 33.6. The number of aromatic nitrogens is 2. The summed E-state index contributed by atoms with van der Waals surface area (Å²) in [5.74, 6) is -1.39. The summed E-state index contributed by atoms with van der Waals surface area (Å²) in [5, 5.41) is 20.4. The number of nitrogens with zero attached hydrogens (tertiary/aromatic N) is 2. The average Bonchev–Trinajstić information content (AvgIpc) is 3.42. The van der Waals surface area contributed by atoms with E-state index >= 15 is 0 Å². The van der Waals surface area contributed by atoms with Crippen LogP contribution in [0.15, 0.2) is 47.4 Å². The first kappa shape index (κ1) is 44.5. The van der Waals surface area contributed by atoms with Crippen LogP contribution in [0.3, 0.4) is 0 Å². The molecule has 4 rings (SSSR count). The van der Waals surface area contributed by atoms with Gasteiger partial charge in [-0.25, -0.2) is 4.79 Å². The summed E-state index contributed by atoms with van der Waals surface area (Å²) >= 11 is 0. The quantitative estimate of drug-likeness (QED) is 0.117. The summed E-state index contributed by atoms with van der Waals surface area (Å²) in [6, 6.07) is 9.68. The third-order valence-corrected chi connectivity index (χ3v) is 9.88. The third-order valence-electron chi connectivity index (χ3n) is 7.22. The van der Waals surface area contributed by atoms with Crippen LogP contribution in [0.2, 0.25) is 0 Å². The van der Waals surface area contributed by atoms with Crippen LogP contribution in [0.4, 0.5) is 5.82 Å². The smallest absolute Gasteiger partial charge is 0.809 e. The van der Waals surface area contributed by atoms with Crippen LogP contribution in [-0.2, 0) is 39.1 Å². The molecule has 238 valence electrons. The van der Waals surface area contributed by atoms with Gasteiger partial charge in [-0.3, -0.25) is 13.9 Å². The molecule has 2 fully saturated rings. The Labute approximate surface area is 330 Å². The van der Waals surface area contributed by atoms with E-state index in [2.05, 4.69) is 10.3 Å². The number of ether oxygens (including phenoxy) is 2. The Bertz CT molecular complexity index is 1460. The number of phosphoric ester groups is 1. The number of anilines is 1. The number of nitrogen functional groups attached to an aromatic ring is 1. The van der Waals surface area contributed by atoms with E-state index < -0.39 is 81.9 Å². The van der Waals surface area contributed by atoms with Gasteiger partial charge in [-0.2, -0.15) is 4.98 Å². The van der Waals surface area contributed by atoms with Crippen LogP contribution in [0.25, 0.3) is 0 Å². The van der Waals surface area contributed by atoms with Gasteiger partial charge in [-0.15, -0.1) is 0 Å². The monoisotopic (exact) mass is 714 g/mol. The van der Waals surface area contributed by atoms with Gasteiger partial charge in [0, 0.05) is 25.6 Å². The minimum atomic E-state index is -5.92. The average molecular weight is 714 g/mol. The molecule has 1 aliphatic heterocycles. The van der Waals surface area contributed by atoms with Crippen molar-refractivity contribution in [3.05, 3.63) is 58.6 Å². The van der Waals surface area contributed by atoms with E-state index in [9.17, 15) is 43.6 Å². The molecular formula is C24H31N4Na3O13P2. The summed E-state index contributed by atoms with van der Waals surface area (Å²) in [6.45, 7) is -0.107. The van der Waals surface area contributed by atoms with Gasteiger partial charge in [0.2, 0.25) is 5.91 Å². The van der Waals surface area contributed by atoms with Crippen molar-refractivity contribution in [2.45, 2.75) is 62.4 Å². The molecule has 1 aromatic carbocycles. The van der Waals surface area contributed by atoms with E-state index in [0.717, 1.165) is 10.8 Å². The molecule has 2 aliphatic rings. The Morgan fingerprint density at radius 2 is 1.80 bits per heavy atom.